The summed E-state index contributed by atoms with van der Waals surface area (Å²) in [6.07, 6.45) is 2.93. The van der Waals surface area contributed by atoms with E-state index in [9.17, 15) is 19.5 Å². The fraction of sp³-hybridized carbons (Fsp3) is 0.120. The summed E-state index contributed by atoms with van der Waals surface area (Å²) in [5, 5.41) is 10.7. The van der Waals surface area contributed by atoms with Crippen molar-refractivity contribution in [2.45, 2.75) is 13.0 Å². The van der Waals surface area contributed by atoms with Gasteiger partial charge in [-0.1, -0.05) is 30.3 Å². The number of carbonyl (C=O) groups excluding carboxylic acids is 3. The molecule has 1 atom stereocenters. The number of nitrogens with zero attached hydrogens (tertiary/aromatic N) is 2. The minimum Gasteiger partial charge on any atom is -0.503 e. The van der Waals surface area contributed by atoms with E-state index in [4.69, 9.17) is 4.74 Å². The molecule has 1 aromatic heterocycles. The number of anilines is 1. The van der Waals surface area contributed by atoms with E-state index in [1.807, 2.05) is 6.07 Å². The Labute approximate surface area is 184 Å². The van der Waals surface area contributed by atoms with Crippen LogP contribution in [0, 0.1) is 0 Å². The van der Waals surface area contributed by atoms with E-state index < -0.39 is 29.5 Å². The number of carbonyl (C=O) groups is 3. The molecule has 0 bridgehead atoms. The number of Topliss-reactive ketones (excluding diaryl/α,β-unsaturated/α-hetero) is 1. The summed E-state index contributed by atoms with van der Waals surface area (Å²) in [6, 6.07) is 17.6. The van der Waals surface area contributed by atoms with Crippen molar-refractivity contribution in [3.63, 3.8) is 0 Å². The molecule has 0 fully saturated rings. The molecule has 4 rings (SSSR count). The van der Waals surface area contributed by atoms with E-state index >= 15 is 0 Å². The van der Waals surface area contributed by atoms with E-state index in [1.54, 1.807) is 67.6 Å². The molecule has 2 aromatic carbocycles. The van der Waals surface area contributed by atoms with Crippen molar-refractivity contribution in [1.82, 2.24) is 4.98 Å². The van der Waals surface area contributed by atoms with Gasteiger partial charge in [0.15, 0.2) is 11.5 Å². The molecule has 2 heterocycles. The molecule has 1 aliphatic rings. The molecule has 1 aliphatic heterocycles. The molecule has 1 N–H and O–H groups in total. The summed E-state index contributed by atoms with van der Waals surface area (Å²) in [5.41, 5.74) is 1.66. The number of aromatic nitrogens is 1. The average Bonchev–Trinajstić information content (AvgIpc) is 3.10. The molecule has 0 saturated carbocycles. The molecule has 1 unspecified atom stereocenters. The first-order chi connectivity index (χ1) is 15.5. The van der Waals surface area contributed by atoms with Crippen LogP contribution in [0.4, 0.5) is 5.69 Å². The van der Waals surface area contributed by atoms with Crippen molar-refractivity contribution in [3.05, 3.63) is 107 Å². The lowest BCUT2D eigenvalue weighted by atomic mass is 9.93. The predicted octanol–water partition coefficient (Wildman–Crippen LogP) is 4.04. The number of hydrogen-bond acceptors (Lipinski definition) is 6. The van der Waals surface area contributed by atoms with Gasteiger partial charge in [0.05, 0.1) is 23.8 Å². The second-order valence-electron chi connectivity index (χ2n) is 7.09. The lowest BCUT2D eigenvalue weighted by molar-refractivity contribution is -0.117. The number of aliphatic hydroxyl groups excluding tert-OH is 1. The summed E-state index contributed by atoms with van der Waals surface area (Å²) in [6.45, 7) is 1.97. The van der Waals surface area contributed by atoms with Crippen molar-refractivity contribution in [2.24, 2.45) is 0 Å². The lowest BCUT2D eigenvalue weighted by Gasteiger charge is -2.27. The number of benzene rings is 2. The Morgan fingerprint density at radius 3 is 2.34 bits per heavy atom. The third-order valence-corrected chi connectivity index (χ3v) is 5.15. The van der Waals surface area contributed by atoms with Gasteiger partial charge in [-0.25, -0.2) is 4.79 Å². The highest BCUT2D eigenvalue weighted by molar-refractivity contribution is 6.20. The lowest BCUT2D eigenvalue weighted by Crippen LogP contribution is -2.31. The van der Waals surface area contributed by atoms with Crippen molar-refractivity contribution in [2.75, 3.05) is 11.5 Å². The van der Waals surface area contributed by atoms with Crippen molar-refractivity contribution in [1.29, 1.82) is 0 Å². The maximum atomic E-state index is 13.3. The zero-order valence-corrected chi connectivity index (χ0v) is 17.3. The topological polar surface area (TPSA) is 96.8 Å². The van der Waals surface area contributed by atoms with Crippen molar-refractivity contribution >= 4 is 23.3 Å². The van der Waals surface area contributed by atoms with Gasteiger partial charge in [-0.2, -0.15) is 0 Å². The summed E-state index contributed by atoms with van der Waals surface area (Å²) >= 11 is 0. The van der Waals surface area contributed by atoms with E-state index in [2.05, 4.69) is 4.98 Å². The van der Waals surface area contributed by atoms with Crippen molar-refractivity contribution in [3.8, 4) is 0 Å². The quantitative estimate of drug-likeness (QED) is 0.470. The van der Waals surface area contributed by atoms with E-state index in [1.165, 1.54) is 17.3 Å². The van der Waals surface area contributed by atoms with E-state index in [0.29, 0.717) is 16.8 Å². The summed E-state index contributed by atoms with van der Waals surface area (Å²) in [7, 11) is 0. The second kappa shape index (κ2) is 8.85. The highest BCUT2D eigenvalue weighted by atomic mass is 16.5. The molecule has 0 spiro atoms. The number of ether oxygens (including phenoxy) is 1. The second-order valence-corrected chi connectivity index (χ2v) is 7.09. The highest BCUT2D eigenvalue weighted by Gasteiger charge is 2.44. The third-order valence-electron chi connectivity index (χ3n) is 5.15. The van der Waals surface area contributed by atoms with Crippen LogP contribution in [0.5, 0.6) is 0 Å². The Kier molecular flexibility index (Phi) is 5.81. The Bertz CT molecular complexity index is 1190. The Balaban J connectivity index is 1.79. The van der Waals surface area contributed by atoms with Gasteiger partial charge in [0.25, 0.3) is 5.91 Å². The van der Waals surface area contributed by atoms with Gasteiger partial charge >= 0.3 is 5.97 Å². The van der Waals surface area contributed by atoms with Gasteiger partial charge in [-0.15, -0.1) is 0 Å². The summed E-state index contributed by atoms with van der Waals surface area (Å²) in [4.78, 5) is 43.7. The number of esters is 1. The highest BCUT2D eigenvalue weighted by Crippen LogP contribution is 2.41. The summed E-state index contributed by atoms with van der Waals surface area (Å²) in [5.74, 6) is -2.26. The van der Waals surface area contributed by atoms with Crippen LogP contribution in [-0.2, 0) is 9.53 Å². The zero-order chi connectivity index (χ0) is 22.7. The van der Waals surface area contributed by atoms with E-state index in [-0.39, 0.29) is 17.7 Å². The average molecular weight is 428 g/mol. The molecule has 1 amide bonds. The van der Waals surface area contributed by atoms with E-state index in [0.717, 1.165) is 0 Å². The number of ketones is 1. The predicted molar refractivity (Wildman–Crippen MR) is 117 cm³/mol. The third kappa shape index (κ3) is 3.76. The minimum atomic E-state index is -0.843. The molecule has 160 valence electrons. The van der Waals surface area contributed by atoms with Crippen LogP contribution >= 0.6 is 0 Å². The van der Waals surface area contributed by atoms with Crippen LogP contribution in [-0.4, -0.2) is 34.4 Å². The van der Waals surface area contributed by atoms with Crippen molar-refractivity contribution < 1.29 is 24.2 Å². The van der Waals surface area contributed by atoms with Crippen LogP contribution < -0.4 is 4.90 Å². The van der Waals surface area contributed by atoms with Crippen LogP contribution in [0.25, 0.3) is 0 Å². The maximum Gasteiger partial charge on any atom is 0.338 e. The Hall–Kier alpha value is -4.26. The van der Waals surface area contributed by atoms with Crippen LogP contribution in [0.15, 0.2) is 90.5 Å². The number of amides is 1. The first-order valence-electron chi connectivity index (χ1n) is 10.1. The number of pyridine rings is 1. The van der Waals surface area contributed by atoms with Crippen LogP contribution in [0.1, 0.15) is 39.2 Å². The molecule has 0 saturated heterocycles. The van der Waals surface area contributed by atoms with Crippen LogP contribution in [0.2, 0.25) is 0 Å². The molecular formula is C25H20N2O5. The summed E-state index contributed by atoms with van der Waals surface area (Å²) < 4.78 is 5.00. The Morgan fingerprint density at radius 2 is 1.72 bits per heavy atom. The molecule has 0 radical (unpaired) electrons. The largest absolute Gasteiger partial charge is 0.503 e. The molecule has 7 nitrogen and oxygen atoms in total. The SMILES string of the molecule is CCOC(=O)c1ccc(N2C(=O)C(O)=C(C(=O)c3cccnc3)C2c2ccccc2)cc1. The van der Waals surface area contributed by atoms with Gasteiger partial charge in [-0.3, -0.25) is 19.5 Å². The first kappa shape index (κ1) is 21.0. The zero-order valence-electron chi connectivity index (χ0n) is 17.3. The van der Waals surface area contributed by atoms with Gasteiger partial charge in [0.1, 0.15) is 0 Å². The van der Waals surface area contributed by atoms with Crippen LogP contribution in [0.3, 0.4) is 0 Å². The maximum absolute atomic E-state index is 13.3. The van der Waals surface area contributed by atoms with Gasteiger partial charge < -0.3 is 9.84 Å². The molecule has 7 heteroatoms. The fourth-order valence-corrected chi connectivity index (χ4v) is 3.68. The standard InChI is InChI=1S/C25H20N2O5/c1-2-32-25(31)17-10-12-19(13-11-17)27-21(16-7-4-3-5-8-16)20(23(29)24(27)30)22(28)18-9-6-14-26-15-18/h3-15,21,29H,2H2,1H3. The Morgan fingerprint density at radius 1 is 1.00 bits per heavy atom. The van der Waals surface area contributed by atoms with Gasteiger partial charge in [-0.05, 0) is 48.9 Å². The molecule has 3 aromatic rings. The monoisotopic (exact) mass is 428 g/mol. The first-order valence-corrected chi connectivity index (χ1v) is 10.1. The minimum absolute atomic E-state index is 0.0244. The number of aliphatic hydroxyl groups is 1. The molecular weight excluding hydrogens is 408 g/mol. The number of hydrogen-bond donors (Lipinski definition) is 1. The fourth-order valence-electron chi connectivity index (χ4n) is 3.68. The normalized spacial score (nSPS) is 15.7. The van der Waals surface area contributed by atoms with Gasteiger partial charge in [0, 0.05) is 23.6 Å². The molecule has 0 aliphatic carbocycles. The number of rotatable bonds is 6. The molecule has 32 heavy (non-hydrogen) atoms. The van der Waals surface area contributed by atoms with Gasteiger partial charge in [0.2, 0.25) is 0 Å². The smallest absolute Gasteiger partial charge is 0.338 e.